The summed E-state index contributed by atoms with van der Waals surface area (Å²) >= 11 is 3.42. The van der Waals surface area contributed by atoms with Crippen molar-refractivity contribution in [2.75, 3.05) is 11.9 Å². The van der Waals surface area contributed by atoms with E-state index < -0.39 is 0 Å². The first-order valence-electron chi connectivity index (χ1n) is 7.65. The van der Waals surface area contributed by atoms with Crippen molar-refractivity contribution < 1.29 is 9.59 Å². The summed E-state index contributed by atoms with van der Waals surface area (Å²) in [7, 11) is 0. The molecule has 0 bridgehead atoms. The van der Waals surface area contributed by atoms with Crippen LogP contribution in [0.4, 0.5) is 10.5 Å². The number of hydrogen-bond acceptors (Lipinski definition) is 2. The average molecular weight is 368 g/mol. The molecular formula is C16H22BrN3O2. The number of halogens is 1. The second kappa shape index (κ2) is 8.17. The Balaban J connectivity index is 1.72. The summed E-state index contributed by atoms with van der Waals surface area (Å²) in [6, 6.07) is 5.45. The summed E-state index contributed by atoms with van der Waals surface area (Å²) in [6.07, 6.45) is 5.66. The molecule has 1 aliphatic carbocycles. The molecular weight excluding hydrogens is 346 g/mol. The molecule has 0 unspecified atom stereocenters. The minimum atomic E-state index is -0.380. The maximum absolute atomic E-state index is 11.8. The fraction of sp³-hybridized carbons (Fsp3) is 0.500. The molecule has 2 rings (SSSR count). The zero-order valence-electron chi connectivity index (χ0n) is 12.7. The predicted molar refractivity (Wildman–Crippen MR) is 90.9 cm³/mol. The van der Waals surface area contributed by atoms with Crippen molar-refractivity contribution in [3.63, 3.8) is 0 Å². The Morgan fingerprint density at radius 3 is 2.64 bits per heavy atom. The lowest BCUT2D eigenvalue weighted by atomic mass is 9.95. The Morgan fingerprint density at radius 2 is 1.95 bits per heavy atom. The predicted octanol–water partition coefficient (Wildman–Crippen LogP) is 3.33. The summed E-state index contributed by atoms with van der Waals surface area (Å²) < 4.78 is 0.931. The molecule has 0 aromatic heterocycles. The lowest BCUT2D eigenvalue weighted by Gasteiger charge is -2.22. The minimum Gasteiger partial charge on any atom is -0.352 e. The van der Waals surface area contributed by atoms with Crippen LogP contribution >= 0.6 is 15.9 Å². The molecule has 1 fully saturated rings. The molecule has 0 heterocycles. The molecule has 0 radical (unpaired) electrons. The Kier molecular flexibility index (Phi) is 6.24. The normalized spacial score (nSPS) is 15.2. The second-order valence-electron chi connectivity index (χ2n) is 5.67. The minimum absolute atomic E-state index is 0.00460. The SMILES string of the molecule is Cc1ccc(NC(=O)NCC(=O)NC2CCCCC2)cc1Br. The maximum Gasteiger partial charge on any atom is 0.319 e. The smallest absolute Gasteiger partial charge is 0.319 e. The summed E-state index contributed by atoms with van der Waals surface area (Å²) in [6.45, 7) is 1.97. The molecule has 0 saturated heterocycles. The Morgan fingerprint density at radius 1 is 1.23 bits per heavy atom. The van der Waals surface area contributed by atoms with Crippen LogP contribution in [-0.4, -0.2) is 24.5 Å². The van der Waals surface area contributed by atoms with Gasteiger partial charge >= 0.3 is 6.03 Å². The van der Waals surface area contributed by atoms with E-state index in [4.69, 9.17) is 0 Å². The summed E-state index contributed by atoms with van der Waals surface area (Å²) in [5, 5.41) is 8.25. The average Bonchev–Trinajstić information content (AvgIpc) is 2.50. The fourth-order valence-corrected chi connectivity index (χ4v) is 2.91. The lowest BCUT2D eigenvalue weighted by molar-refractivity contribution is -0.120. The number of carbonyl (C=O) groups is 2. The number of aryl methyl sites for hydroxylation is 1. The molecule has 120 valence electrons. The van der Waals surface area contributed by atoms with Crippen LogP contribution in [0.15, 0.2) is 22.7 Å². The number of hydrogen-bond donors (Lipinski definition) is 3. The quantitative estimate of drug-likeness (QED) is 0.763. The van der Waals surface area contributed by atoms with E-state index in [0.717, 1.165) is 22.9 Å². The lowest BCUT2D eigenvalue weighted by Crippen LogP contribution is -2.43. The molecule has 3 N–H and O–H groups in total. The first kappa shape index (κ1) is 16.8. The van der Waals surface area contributed by atoms with E-state index in [0.29, 0.717) is 5.69 Å². The third-order valence-corrected chi connectivity index (χ3v) is 4.66. The van der Waals surface area contributed by atoms with Crippen LogP contribution in [0, 0.1) is 6.92 Å². The highest BCUT2D eigenvalue weighted by Gasteiger charge is 2.15. The van der Waals surface area contributed by atoms with Crippen LogP contribution in [0.5, 0.6) is 0 Å². The number of rotatable bonds is 4. The molecule has 1 aromatic rings. The molecule has 0 spiro atoms. The van der Waals surface area contributed by atoms with Gasteiger partial charge in [0, 0.05) is 16.2 Å². The summed E-state index contributed by atoms with van der Waals surface area (Å²) in [5.74, 6) is -0.132. The zero-order chi connectivity index (χ0) is 15.9. The second-order valence-corrected chi connectivity index (χ2v) is 6.53. The van der Waals surface area contributed by atoms with Crippen molar-refractivity contribution >= 4 is 33.6 Å². The van der Waals surface area contributed by atoms with Crippen LogP contribution in [0.25, 0.3) is 0 Å². The van der Waals surface area contributed by atoms with Crippen molar-refractivity contribution in [2.45, 2.75) is 45.1 Å². The monoisotopic (exact) mass is 367 g/mol. The molecule has 1 saturated carbocycles. The van der Waals surface area contributed by atoms with Gasteiger partial charge in [-0.3, -0.25) is 4.79 Å². The molecule has 3 amide bonds. The van der Waals surface area contributed by atoms with Crippen molar-refractivity contribution in [1.82, 2.24) is 10.6 Å². The fourth-order valence-electron chi connectivity index (χ4n) is 2.53. The van der Waals surface area contributed by atoms with Gasteiger partial charge in [0.1, 0.15) is 0 Å². The van der Waals surface area contributed by atoms with E-state index in [2.05, 4.69) is 31.9 Å². The Labute approximate surface area is 139 Å². The van der Waals surface area contributed by atoms with Crippen molar-refractivity contribution in [1.29, 1.82) is 0 Å². The van der Waals surface area contributed by atoms with Crippen LogP contribution in [-0.2, 0) is 4.79 Å². The van der Waals surface area contributed by atoms with Crippen molar-refractivity contribution in [3.8, 4) is 0 Å². The van der Waals surface area contributed by atoms with E-state index in [1.54, 1.807) is 0 Å². The number of carbonyl (C=O) groups excluding carboxylic acids is 2. The number of anilines is 1. The third kappa shape index (κ3) is 5.33. The van der Waals surface area contributed by atoms with E-state index >= 15 is 0 Å². The summed E-state index contributed by atoms with van der Waals surface area (Å²) in [4.78, 5) is 23.6. The van der Waals surface area contributed by atoms with Crippen LogP contribution in [0.1, 0.15) is 37.7 Å². The number of benzene rings is 1. The van der Waals surface area contributed by atoms with Gasteiger partial charge in [0.2, 0.25) is 5.91 Å². The van der Waals surface area contributed by atoms with Gasteiger partial charge in [-0.1, -0.05) is 41.3 Å². The van der Waals surface area contributed by atoms with Crippen LogP contribution in [0.2, 0.25) is 0 Å². The molecule has 22 heavy (non-hydrogen) atoms. The van der Waals surface area contributed by atoms with Gasteiger partial charge in [-0.25, -0.2) is 4.79 Å². The molecule has 0 aliphatic heterocycles. The van der Waals surface area contributed by atoms with E-state index in [-0.39, 0.29) is 24.5 Å². The van der Waals surface area contributed by atoms with E-state index in [1.165, 1.54) is 19.3 Å². The highest BCUT2D eigenvalue weighted by atomic mass is 79.9. The van der Waals surface area contributed by atoms with E-state index in [9.17, 15) is 9.59 Å². The number of nitrogens with one attached hydrogen (secondary N) is 3. The van der Waals surface area contributed by atoms with Crippen molar-refractivity contribution in [3.05, 3.63) is 28.2 Å². The van der Waals surface area contributed by atoms with Gasteiger partial charge in [-0.15, -0.1) is 0 Å². The van der Waals surface area contributed by atoms with Gasteiger partial charge in [0.25, 0.3) is 0 Å². The largest absolute Gasteiger partial charge is 0.352 e. The molecule has 1 aromatic carbocycles. The molecule has 6 heteroatoms. The Hall–Kier alpha value is -1.56. The maximum atomic E-state index is 11.8. The van der Waals surface area contributed by atoms with Crippen LogP contribution < -0.4 is 16.0 Å². The van der Waals surface area contributed by atoms with Gasteiger partial charge in [-0.2, -0.15) is 0 Å². The Bertz CT molecular complexity index is 542. The van der Waals surface area contributed by atoms with Gasteiger partial charge < -0.3 is 16.0 Å². The first-order chi connectivity index (χ1) is 10.5. The van der Waals surface area contributed by atoms with Gasteiger partial charge in [0.15, 0.2) is 0 Å². The molecule has 0 atom stereocenters. The zero-order valence-corrected chi connectivity index (χ0v) is 14.3. The summed E-state index contributed by atoms with van der Waals surface area (Å²) in [5.41, 5.74) is 1.78. The third-order valence-electron chi connectivity index (χ3n) is 3.81. The standard InChI is InChI=1S/C16H22BrN3O2/c1-11-7-8-13(9-14(11)17)20-16(22)18-10-15(21)19-12-5-3-2-4-6-12/h7-9,12H,2-6,10H2,1H3,(H,19,21)(H2,18,20,22). The topological polar surface area (TPSA) is 70.2 Å². The van der Waals surface area contributed by atoms with Crippen LogP contribution in [0.3, 0.4) is 0 Å². The number of amides is 3. The van der Waals surface area contributed by atoms with Gasteiger partial charge in [0.05, 0.1) is 6.54 Å². The highest BCUT2D eigenvalue weighted by Crippen LogP contribution is 2.20. The molecule has 1 aliphatic rings. The van der Waals surface area contributed by atoms with Crippen molar-refractivity contribution in [2.24, 2.45) is 0 Å². The highest BCUT2D eigenvalue weighted by molar-refractivity contribution is 9.10. The van der Waals surface area contributed by atoms with E-state index in [1.807, 2.05) is 25.1 Å². The molecule has 5 nitrogen and oxygen atoms in total. The van der Waals surface area contributed by atoms with Gasteiger partial charge in [-0.05, 0) is 37.5 Å². The number of urea groups is 1. The first-order valence-corrected chi connectivity index (χ1v) is 8.44.